The van der Waals surface area contributed by atoms with Gasteiger partial charge in [0.05, 0.1) is 0 Å². The summed E-state index contributed by atoms with van der Waals surface area (Å²) in [5, 5.41) is 0. The summed E-state index contributed by atoms with van der Waals surface area (Å²) in [4.78, 5) is 21.5. The fraction of sp³-hybridized carbons (Fsp3) is 0.750. The van der Waals surface area contributed by atoms with Crippen molar-refractivity contribution in [2.24, 2.45) is 11.3 Å². The van der Waals surface area contributed by atoms with Gasteiger partial charge >= 0.3 is 0 Å². The van der Waals surface area contributed by atoms with Gasteiger partial charge < -0.3 is 4.79 Å². The molecular formula is C8H12O2. The van der Waals surface area contributed by atoms with Gasteiger partial charge in [-0.3, -0.25) is 4.79 Å². The third-order valence-corrected chi connectivity index (χ3v) is 2.18. The Morgan fingerprint density at radius 2 is 2.30 bits per heavy atom. The van der Waals surface area contributed by atoms with Crippen LogP contribution < -0.4 is 0 Å². The lowest BCUT2D eigenvalue weighted by molar-refractivity contribution is -0.122. The molecule has 0 aromatic rings. The van der Waals surface area contributed by atoms with Crippen LogP contribution in [0.3, 0.4) is 0 Å². The summed E-state index contributed by atoms with van der Waals surface area (Å²) in [6.45, 7) is 3.73. The fourth-order valence-electron chi connectivity index (χ4n) is 1.55. The predicted octanol–water partition coefficient (Wildman–Crippen LogP) is 1.19. The van der Waals surface area contributed by atoms with Gasteiger partial charge in [0.15, 0.2) is 0 Å². The van der Waals surface area contributed by atoms with Gasteiger partial charge in [0.1, 0.15) is 12.1 Å². The van der Waals surface area contributed by atoms with E-state index in [2.05, 4.69) is 0 Å². The van der Waals surface area contributed by atoms with Crippen molar-refractivity contribution in [2.75, 3.05) is 0 Å². The first-order chi connectivity index (χ1) is 4.57. The van der Waals surface area contributed by atoms with E-state index in [0.29, 0.717) is 6.42 Å². The van der Waals surface area contributed by atoms with Crippen LogP contribution in [-0.2, 0) is 9.59 Å². The van der Waals surface area contributed by atoms with E-state index in [1.165, 1.54) is 0 Å². The van der Waals surface area contributed by atoms with Crippen LogP contribution in [0.15, 0.2) is 0 Å². The number of hydrogen-bond donors (Lipinski definition) is 0. The Bertz CT molecular complexity index is 174. The summed E-state index contributed by atoms with van der Waals surface area (Å²) in [5.41, 5.74) is -0.351. The number of rotatable bonds is 1. The van der Waals surface area contributed by atoms with Gasteiger partial charge in [-0.25, -0.2) is 0 Å². The lowest BCUT2D eigenvalue weighted by Crippen LogP contribution is -2.12. The first-order valence-corrected chi connectivity index (χ1v) is 3.56. The monoisotopic (exact) mass is 140 g/mol. The number of aldehydes is 1. The van der Waals surface area contributed by atoms with Crippen LogP contribution in [0.1, 0.15) is 26.7 Å². The standard InChI is InChI=1S/C8H12O2/c1-6-3-8(2,5-9)4-7(6)10/h5-6H,3-4H2,1-2H3/t6-,8-/m1/s1. The molecule has 0 aromatic carbocycles. The SMILES string of the molecule is C[C@@H]1C[C@@](C)(C=O)CC1=O. The van der Waals surface area contributed by atoms with E-state index >= 15 is 0 Å². The van der Waals surface area contributed by atoms with Crippen molar-refractivity contribution in [1.29, 1.82) is 0 Å². The third kappa shape index (κ3) is 1.11. The van der Waals surface area contributed by atoms with Crippen LogP contribution in [0, 0.1) is 11.3 Å². The molecule has 0 unspecified atom stereocenters. The van der Waals surface area contributed by atoms with E-state index in [-0.39, 0.29) is 17.1 Å². The molecule has 1 fully saturated rings. The lowest BCUT2D eigenvalue weighted by atomic mass is 9.90. The van der Waals surface area contributed by atoms with E-state index < -0.39 is 0 Å². The Kier molecular flexibility index (Phi) is 1.63. The molecule has 56 valence electrons. The van der Waals surface area contributed by atoms with Crippen molar-refractivity contribution in [3.05, 3.63) is 0 Å². The second-order valence-electron chi connectivity index (χ2n) is 3.52. The van der Waals surface area contributed by atoms with Crippen molar-refractivity contribution in [3.63, 3.8) is 0 Å². The minimum Gasteiger partial charge on any atom is -0.303 e. The highest BCUT2D eigenvalue weighted by atomic mass is 16.1. The molecule has 0 aromatic heterocycles. The van der Waals surface area contributed by atoms with Gasteiger partial charge in [0, 0.05) is 17.8 Å². The van der Waals surface area contributed by atoms with Crippen molar-refractivity contribution in [3.8, 4) is 0 Å². The van der Waals surface area contributed by atoms with Gasteiger partial charge in [-0.1, -0.05) is 13.8 Å². The van der Waals surface area contributed by atoms with E-state index in [1.54, 1.807) is 0 Å². The molecule has 1 aliphatic rings. The van der Waals surface area contributed by atoms with E-state index in [0.717, 1.165) is 12.7 Å². The Hall–Kier alpha value is -0.660. The van der Waals surface area contributed by atoms with E-state index in [1.807, 2.05) is 13.8 Å². The van der Waals surface area contributed by atoms with Gasteiger partial charge in [-0.2, -0.15) is 0 Å². The molecule has 0 spiro atoms. The summed E-state index contributed by atoms with van der Waals surface area (Å²) < 4.78 is 0. The van der Waals surface area contributed by atoms with Crippen LogP contribution in [0.2, 0.25) is 0 Å². The van der Waals surface area contributed by atoms with Crippen LogP contribution >= 0.6 is 0 Å². The lowest BCUT2D eigenvalue weighted by Gasteiger charge is -2.11. The van der Waals surface area contributed by atoms with Gasteiger partial charge in [0.2, 0.25) is 0 Å². The normalized spacial score (nSPS) is 40.2. The van der Waals surface area contributed by atoms with Crippen LogP contribution in [0.4, 0.5) is 0 Å². The fourth-order valence-corrected chi connectivity index (χ4v) is 1.55. The number of ketones is 1. The zero-order valence-corrected chi connectivity index (χ0v) is 6.39. The highest BCUT2D eigenvalue weighted by Crippen LogP contribution is 2.36. The highest BCUT2D eigenvalue weighted by Gasteiger charge is 2.38. The zero-order valence-electron chi connectivity index (χ0n) is 6.39. The highest BCUT2D eigenvalue weighted by molar-refractivity contribution is 5.87. The molecular weight excluding hydrogens is 128 g/mol. The van der Waals surface area contributed by atoms with Gasteiger partial charge in [-0.15, -0.1) is 0 Å². The maximum Gasteiger partial charge on any atom is 0.136 e. The minimum atomic E-state index is -0.351. The average molecular weight is 140 g/mol. The molecule has 0 radical (unpaired) electrons. The molecule has 0 saturated heterocycles. The van der Waals surface area contributed by atoms with Gasteiger partial charge in [0.25, 0.3) is 0 Å². The predicted molar refractivity (Wildman–Crippen MR) is 37.6 cm³/mol. The molecule has 2 heteroatoms. The molecule has 1 rings (SSSR count). The van der Waals surface area contributed by atoms with E-state index in [4.69, 9.17) is 0 Å². The molecule has 1 saturated carbocycles. The minimum absolute atomic E-state index is 0.0928. The summed E-state index contributed by atoms with van der Waals surface area (Å²) >= 11 is 0. The Morgan fingerprint density at radius 3 is 2.50 bits per heavy atom. The molecule has 2 nitrogen and oxygen atoms in total. The number of hydrogen-bond acceptors (Lipinski definition) is 2. The number of carbonyl (C=O) groups excluding carboxylic acids is 2. The summed E-state index contributed by atoms with van der Waals surface area (Å²) in [6.07, 6.45) is 2.08. The van der Waals surface area contributed by atoms with Crippen molar-refractivity contribution in [1.82, 2.24) is 0 Å². The first-order valence-electron chi connectivity index (χ1n) is 3.56. The van der Waals surface area contributed by atoms with Crippen molar-refractivity contribution < 1.29 is 9.59 Å². The van der Waals surface area contributed by atoms with Crippen LogP contribution in [0.25, 0.3) is 0 Å². The number of Topliss-reactive ketones (excluding diaryl/α,β-unsaturated/α-hetero) is 1. The van der Waals surface area contributed by atoms with Crippen molar-refractivity contribution >= 4 is 12.1 Å². The summed E-state index contributed by atoms with van der Waals surface area (Å²) in [7, 11) is 0. The molecule has 2 atom stereocenters. The van der Waals surface area contributed by atoms with Crippen LogP contribution in [0.5, 0.6) is 0 Å². The molecule has 0 heterocycles. The quantitative estimate of drug-likeness (QED) is 0.513. The van der Waals surface area contributed by atoms with E-state index in [9.17, 15) is 9.59 Å². The summed E-state index contributed by atoms with van der Waals surface area (Å²) in [6, 6.07) is 0. The zero-order chi connectivity index (χ0) is 7.78. The Balaban J connectivity index is 2.73. The van der Waals surface area contributed by atoms with Crippen molar-refractivity contribution in [2.45, 2.75) is 26.7 Å². The van der Waals surface area contributed by atoms with Gasteiger partial charge in [-0.05, 0) is 6.42 Å². The molecule has 0 amide bonds. The smallest absolute Gasteiger partial charge is 0.136 e. The second-order valence-corrected chi connectivity index (χ2v) is 3.52. The molecule has 0 N–H and O–H groups in total. The maximum absolute atomic E-state index is 11.0. The maximum atomic E-state index is 11.0. The topological polar surface area (TPSA) is 34.1 Å². The molecule has 0 bridgehead atoms. The summed E-state index contributed by atoms with van der Waals surface area (Å²) in [5.74, 6) is 0.324. The average Bonchev–Trinajstić information content (AvgIpc) is 2.10. The first kappa shape index (κ1) is 7.45. The Morgan fingerprint density at radius 1 is 1.70 bits per heavy atom. The second kappa shape index (κ2) is 2.19. The molecule has 1 aliphatic carbocycles. The molecule has 10 heavy (non-hydrogen) atoms. The molecule has 0 aliphatic heterocycles. The Labute approximate surface area is 60.6 Å². The number of carbonyl (C=O) groups is 2. The largest absolute Gasteiger partial charge is 0.303 e. The van der Waals surface area contributed by atoms with Crippen LogP contribution in [-0.4, -0.2) is 12.1 Å². The third-order valence-electron chi connectivity index (χ3n) is 2.18.